The standard InChI is InChI=1S/C4H7NOS/c1-5-3-2-4(6)7/h3H,2H2,1H3,(H,6,7). The summed E-state index contributed by atoms with van der Waals surface area (Å²) in [6, 6.07) is 0. The molecule has 0 rings (SSSR count). The van der Waals surface area contributed by atoms with Gasteiger partial charge < -0.3 is 4.99 Å². The Balaban J connectivity index is 3.14. The van der Waals surface area contributed by atoms with Crippen molar-refractivity contribution in [1.82, 2.24) is 0 Å². The topological polar surface area (TPSA) is 29.4 Å². The predicted octanol–water partition coefficient (Wildman–Crippen LogP) is 0.534. The van der Waals surface area contributed by atoms with Crippen LogP contribution in [0.3, 0.4) is 0 Å². The second kappa shape index (κ2) is 3.87. The van der Waals surface area contributed by atoms with Crippen LogP contribution in [-0.2, 0) is 4.79 Å². The number of hydrogen-bond donors (Lipinski definition) is 1. The van der Waals surface area contributed by atoms with Crippen molar-refractivity contribution in [3.8, 4) is 0 Å². The van der Waals surface area contributed by atoms with E-state index < -0.39 is 0 Å². The molecule has 2 nitrogen and oxygen atoms in total. The van der Waals surface area contributed by atoms with Crippen LogP contribution in [0.4, 0.5) is 0 Å². The van der Waals surface area contributed by atoms with Gasteiger partial charge in [0.05, 0.1) is 6.42 Å². The Morgan fingerprint density at radius 3 is 2.71 bits per heavy atom. The molecule has 0 heterocycles. The zero-order chi connectivity index (χ0) is 5.70. The molecule has 0 radical (unpaired) electrons. The van der Waals surface area contributed by atoms with Crippen LogP contribution < -0.4 is 0 Å². The summed E-state index contributed by atoms with van der Waals surface area (Å²) in [6.45, 7) is 0. The van der Waals surface area contributed by atoms with Crippen LogP contribution in [0.15, 0.2) is 4.99 Å². The van der Waals surface area contributed by atoms with E-state index in [2.05, 4.69) is 17.6 Å². The summed E-state index contributed by atoms with van der Waals surface area (Å²) >= 11 is 3.50. The first-order valence-electron chi connectivity index (χ1n) is 1.89. The molecule has 0 aromatic rings. The van der Waals surface area contributed by atoms with Gasteiger partial charge in [0.25, 0.3) is 0 Å². The minimum Gasteiger partial charge on any atom is -0.300 e. The summed E-state index contributed by atoms with van der Waals surface area (Å²) in [5, 5.41) is -0.148. The first-order valence-corrected chi connectivity index (χ1v) is 2.34. The summed E-state index contributed by atoms with van der Waals surface area (Å²) in [5.41, 5.74) is 0. The number of hydrogen-bond acceptors (Lipinski definition) is 2. The molecule has 0 unspecified atom stereocenters. The summed E-state index contributed by atoms with van der Waals surface area (Å²) in [7, 11) is 1.62. The highest BCUT2D eigenvalue weighted by atomic mass is 32.1. The van der Waals surface area contributed by atoms with Crippen LogP contribution in [0.25, 0.3) is 0 Å². The van der Waals surface area contributed by atoms with Crippen molar-refractivity contribution in [1.29, 1.82) is 0 Å². The summed E-state index contributed by atoms with van der Waals surface area (Å²) in [5.74, 6) is 0. The first kappa shape index (κ1) is 6.69. The van der Waals surface area contributed by atoms with E-state index in [9.17, 15) is 4.79 Å². The van der Waals surface area contributed by atoms with Gasteiger partial charge in [-0.1, -0.05) is 0 Å². The fraction of sp³-hybridized carbons (Fsp3) is 0.500. The van der Waals surface area contributed by atoms with Crippen LogP contribution in [0, 0.1) is 0 Å². The molecule has 0 aromatic carbocycles. The third-order valence-corrected chi connectivity index (χ3v) is 0.631. The third-order valence-electron chi connectivity index (χ3n) is 0.448. The highest BCUT2D eigenvalue weighted by molar-refractivity contribution is 7.96. The van der Waals surface area contributed by atoms with E-state index in [1.807, 2.05) is 0 Å². The molecular formula is C4H7NOS. The summed E-state index contributed by atoms with van der Waals surface area (Å²) < 4.78 is 0. The number of carbonyl (C=O) groups excluding carboxylic acids is 1. The second-order valence-electron chi connectivity index (χ2n) is 1.04. The fourth-order valence-corrected chi connectivity index (χ4v) is 0.251. The lowest BCUT2D eigenvalue weighted by molar-refractivity contribution is -0.109. The largest absolute Gasteiger partial charge is 0.300 e. The monoisotopic (exact) mass is 117 g/mol. The molecule has 0 spiro atoms. The fourth-order valence-electron chi connectivity index (χ4n) is 0.169. The molecule has 0 amide bonds. The maximum Gasteiger partial charge on any atom is 0.191 e. The number of thiol groups is 1. The van der Waals surface area contributed by atoms with E-state index in [-0.39, 0.29) is 5.12 Å². The molecular weight excluding hydrogens is 110 g/mol. The van der Waals surface area contributed by atoms with E-state index in [0.717, 1.165) is 0 Å². The van der Waals surface area contributed by atoms with Gasteiger partial charge in [-0.2, -0.15) is 0 Å². The zero-order valence-electron chi connectivity index (χ0n) is 4.09. The van der Waals surface area contributed by atoms with Gasteiger partial charge >= 0.3 is 0 Å². The van der Waals surface area contributed by atoms with Gasteiger partial charge in [-0.05, 0) is 0 Å². The molecule has 3 heteroatoms. The second-order valence-corrected chi connectivity index (χ2v) is 1.54. The Morgan fingerprint density at radius 1 is 2.00 bits per heavy atom. The van der Waals surface area contributed by atoms with Crippen LogP contribution in [0.5, 0.6) is 0 Å². The van der Waals surface area contributed by atoms with E-state index in [1.165, 1.54) is 6.21 Å². The molecule has 0 aromatic heterocycles. The van der Waals surface area contributed by atoms with Crippen LogP contribution in [0.1, 0.15) is 6.42 Å². The highest BCUT2D eigenvalue weighted by Crippen LogP contribution is 1.80. The van der Waals surface area contributed by atoms with Crippen LogP contribution >= 0.6 is 12.6 Å². The van der Waals surface area contributed by atoms with Gasteiger partial charge in [0.2, 0.25) is 0 Å². The van der Waals surface area contributed by atoms with Crippen LogP contribution in [-0.4, -0.2) is 18.4 Å². The van der Waals surface area contributed by atoms with Crippen molar-refractivity contribution in [3.63, 3.8) is 0 Å². The first-order chi connectivity index (χ1) is 3.27. The van der Waals surface area contributed by atoms with Crippen molar-refractivity contribution in [2.45, 2.75) is 6.42 Å². The Morgan fingerprint density at radius 2 is 2.57 bits per heavy atom. The van der Waals surface area contributed by atoms with Gasteiger partial charge in [-0.15, -0.1) is 12.6 Å². The molecule has 0 N–H and O–H groups in total. The number of nitrogens with zero attached hydrogens (tertiary/aromatic N) is 1. The van der Waals surface area contributed by atoms with Crippen molar-refractivity contribution >= 4 is 24.0 Å². The predicted molar refractivity (Wildman–Crippen MR) is 33.0 cm³/mol. The quantitative estimate of drug-likeness (QED) is 0.415. The van der Waals surface area contributed by atoms with Gasteiger partial charge in [-0.25, -0.2) is 0 Å². The molecule has 7 heavy (non-hydrogen) atoms. The maximum absolute atomic E-state index is 9.98. The molecule has 0 aliphatic heterocycles. The smallest absolute Gasteiger partial charge is 0.191 e. The molecule has 0 aliphatic rings. The minimum absolute atomic E-state index is 0.148. The Bertz CT molecular complexity index is 89.7. The molecule has 0 atom stereocenters. The van der Waals surface area contributed by atoms with E-state index >= 15 is 0 Å². The summed E-state index contributed by atoms with van der Waals surface area (Å²) in [4.78, 5) is 13.6. The lowest BCUT2D eigenvalue weighted by Crippen LogP contribution is -1.84. The van der Waals surface area contributed by atoms with E-state index in [1.54, 1.807) is 7.05 Å². The number of carbonyl (C=O) groups is 1. The van der Waals surface area contributed by atoms with E-state index in [4.69, 9.17) is 0 Å². The number of aliphatic imine (C=N–C) groups is 1. The molecule has 0 fully saturated rings. The lowest BCUT2D eigenvalue weighted by atomic mass is 10.5. The molecule has 0 bridgehead atoms. The normalized spacial score (nSPS) is 10.0. The Hall–Kier alpha value is -0.310. The summed E-state index contributed by atoms with van der Waals surface area (Å²) in [6.07, 6.45) is 1.86. The van der Waals surface area contributed by atoms with Crippen molar-refractivity contribution in [2.24, 2.45) is 4.99 Å². The SMILES string of the molecule is CN=CCC(=O)S. The van der Waals surface area contributed by atoms with Crippen molar-refractivity contribution in [2.75, 3.05) is 7.05 Å². The van der Waals surface area contributed by atoms with Gasteiger partial charge in [0.15, 0.2) is 5.12 Å². The zero-order valence-corrected chi connectivity index (χ0v) is 4.98. The maximum atomic E-state index is 9.98. The van der Waals surface area contributed by atoms with Crippen LogP contribution in [0.2, 0.25) is 0 Å². The molecule has 0 aliphatic carbocycles. The minimum atomic E-state index is -0.148. The average molecular weight is 117 g/mol. The molecule has 40 valence electrons. The highest BCUT2D eigenvalue weighted by Gasteiger charge is 1.84. The molecule has 0 saturated heterocycles. The number of rotatable bonds is 2. The van der Waals surface area contributed by atoms with Gasteiger partial charge in [0.1, 0.15) is 0 Å². The Kier molecular flexibility index (Phi) is 3.69. The van der Waals surface area contributed by atoms with Crippen molar-refractivity contribution in [3.05, 3.63) is 0 Å². The molecule has 0 saturated carbocycles. The van der Waals surface area contributed by atoms with Gasteiger partial charge in [0, 0.05) is 13.3 Å². The third kappa shape index (κ3) is 5.69. The van der Waals surface area contributed by atoms with Crippen molar-refractivity contribution < 1.29 is 4.79 Å². The average Bonchev–Trinajstić information content (AvgIpc) is 1.61. The lowest BCUT2D eigenvalue weighted by Gasteiger charge is -1.76. The van der Waals surface area contributed by atoms with Gasteiger partial charge in [-0.3, -0.25) is 4.79 Å². The van der Waals surface area contributed by atoms with E-state index in [0.29, 0.717) is 6.42 Å². The Labute approximate surface area is 48.0 Å².